The minimum atomic E-state index is -0.912. The Labute approximate surface area is 126 Å². The van der Waals surface area contributed by atoms with Gasteiger partial charge in [-0.2, -0.15) is 11.8 Å². The van der Waals surface area contributed by atoms with E-state index in [4.69, 9.17) is 0 Å². The van der Waals surface area contributed by atoms with Crippen LogP contribution in [0.2, 0.25) is 0 Å². The van der Waals surface area contributed by atoms with Gasteiger partial charge >= 0.3 is 0 Å². The summed E-state index contributed by atoms with van der Waals surface area (Å²) in [5.41, 5.74) is -0.612. The molecule has 2 amide bonds. The van der Waals surface area contributed by atoms with Crippen molar-refractivity contribution in [3.63, 3.8) is 0 Å². The van der Waals surface area contributed by atoms with Crippen molar-refractivity contribution in [2.75, 3.05) is 25.1 Å². The molecule has 2 N–H and O–H groups in total. The predicted molar refractivity (Wildman–Crippen MR) is 79.2 cm³/mol. The third-order valence-corrected chi connectivity index (χ3v) is 3.60. The van der Waals surface area contributed by atoms with Gasteiger partial charge in [0.25, 0.3) is 5.91 Å². The predicted octanol–water partition coefficient (Wildman–Crippen LogP) is 1.81. The minimum absolute atomic E-state index is 0.102. The second kappa shape index (κ2) is 8.61. The van der Waals surface area contributed by atoms with E-state index in [0.29, 0.717) is 5.75 Å². The molecule has 1 aromatic carbocycles. The van der Waals surface area contributed by atoms with Crippen molar-refractivity contribution in [2.45, 2.75) is 6.92 Å². The number of hydrogen-bond donors (Lipinski definition) is 2. The van der Waals surface area contributed by atoms with E-state index < -0.39 is 23.1 Å². The van der Waals surface area contributed by atoms with Crippen LogP contribution in [0, 0.1) is 17.6 Å². The van der Waals surface area contributed by atoms with Gasteiger partial charge in [0, 0.05) is 24.8 Å². The molecule has 0 aliphatic carbocycles. The van der Waals surface area contributed by atoms with Crippen LogP contribution in [0.15, 0.2) is 18.2 Å². The maximum atomic E-state index is 13.4. The first-order valence-electron chi connectivity index (χ1n) is 6.46. The molecule has 1 atom stereocenters. The summed E-state index contributed by atoms with van der Waals surface area (Å²) < 4.78 is 26.7. The zero-order chi connectivity index (χ0) is 15.8. The van der Waals surface area contributed by atoms with Gasteiger partial charge in [-0.3, -0.25) is 9.59 Å². The summed E-state index contributed by atoms with van der Waals surface area (Å²) in [6.45, 7) is 2.11. The molecule has 1 rings (SSSR count). The zero-order valence-corrected chi connectivity index (χ0v) is 12.7. The molecule has 4 nitrogen and oxygen atoms in total. The van der Waals surface area contributed by atoms with Gasteiger partial charge in [-0.1, -0.05) is 13.0 Å². The number of hydrogen-bond acceptors (Lipinski definition) is 3. The van der Waals surface area contributed by atoms with E-state index in [0.717, 1.165) is 12.1 Å². The maximum Gasteiger partial charge on any atom is 0.257 e. The molecule has 1 unspecified atom stereocenters. The van der Waals surface area contributed by atoms with E-state index in [1.54, 1.807) is 18.7 Å². The number of halogens is 2. The number of benzene rings is 1. The molecule has 0 bridgehead atoms. The average Bonchev–Trinajstić information content (AvgIpc) is 2.43. The maximum absolute atomic E-state index is 13.4. The highest BCUT2D eigenvalue weighted by Gasteiger charge is 2.16. The summed E-state index contributed by atoms with van der Waals surface area (Å²) in [5.74, 6) is -2.19. The van der Waals surface area contributed by atoms with Crippen LogP contribution in [0.25, 0.3) is 0 Å². The molecule has 116 valence electrons. The van der Waals surface area contributed by atoms with Gasteiger partial charge in [0.15, 0.2) is 0 Å². The summed E-state index contributed by atoms with van der Waals surface area (Å²) >= 11 is 1.57. The molecular formula is C14H18F2N2O2S. The quantitative estimate of drug-likeness (QED) is 0.754. The second-order valence-corrected chi connectivity index (χ2v) is 5.41. The summed E-state index contributed by atoms with van der Waals surface area (Å²) in [6.07, 6.45) is 1.91. The third-order valence-electron chi connectivity index (χ3n) is 2.76. The molecule has 0 aliphatic rings. The van der Waals surface area contributed by atoms with Gasteiger partial charge in [0.05, 0.1) is 0 Å². The monoisotopic (exact) mass is 316 g/mol. The van der Waals surface area contributed by atoms with Gasteiger partial charge in [0.2, 0.25) is 5.91 Å². The molecule has 0 saturated carbocycles. The lowest BCUT2D eigenvalue weighted by Gasteiger charge is -2.11. The number of rotatable bonds is 7. The van der Waals surface area contributed by atoms with Crippen LogP contribution in [0.3, 0.4) is 0 Å². The summed E-state index contributed by atoms with van der Waals surface area (Å²) in [7, 11) is 0. The van der Waals surface area contributed by atoms with Crippen LogP contribution in [0.5, 0.6) is 0 Å². The van der Waals surface area contributed by atoms with Crippen molar-refractivity contribution in [2.24, 2.45) is 5.92 Å². The molecule has 21 heavy (non-hydrogen) atoms. The van der Waals surface area contributed by atoms with E-state index in [1.165, 1.54) is 6.07 Å². The fraction of sp³-hybridized carbons (Fsp3) is 0.429. The van der Waals surface area contributed by atoms with Gasteiger partial charge in [-0.05, 0) is 18.4 Å². The normalized spacial score (nSPS) is 11.8. The lowest BCUT2D eigenvalue weighted by molar-refractivity contribution is -0.123. The van der Waals surface area contributed by atoms with E-state index >= 15 is 0 Å². The molecule has 1 aromatic rings. The first-order valence-corrected chi connectivity index (χ1v) is 7.85. The van der Waals surface area contributed by atoms with Gasteiger partial charge in [0.1, 0.15) is 17.2 Å². The standard InChI is InChI=1S/C14H18F2N2O2S/c1-9(8-21-2)13(19)17-6-7-18-14(20)12-10(15)4-3-5-11(12)16/h3-5,9H,6-8H2,1-2H3,(H,17,19)(H,18,20). The van der Waals surface area contributed by atoms with E-state index in [9.17, 15) is 18.4 Å². The smallest absolute Gasteiger partial charge is 0.257 e. The Bertz CT molecular complexity index is 491. The van der Waals surface area contributed by atoms with Crippen molar-refractivity contribution in [3.8, 4) is 0 Å². The lowest BCUT2D eigenvalue weighted by Crippen LogP contribution is -2.37. The third kappa shape index (κ3) is 5.34. The lowest BCUT2D eigenvalue weighted by atomic mass is 10.2. The molecule has 7 heteroatoms. The van der Waals surface area contributed by atoms with Crippen LogP contribution in [0.4, 0.5) is 8.78 Å². The molecule has 0 radical (unpaired) electrons. The highest BCUT2D eigenvalue weighted by atomic mass is 32.2. The van der Waals surface area contributed by atoms with E-state index in [-0.39, 0.29) is 24.9 Å². The first-order chi connectivity index (χ1) is 9.97. The Morgan fingerprint density at radius 2 is 1.76 bits per heavy atom. The fourth-order valence-corrected chi connectivity index (χ4v) is 2.32. The zero-order valence-electron chi connectivity index (χ0n) is 11.9. The molecule has 0 spiro atoms. The summed E-state index contributed by atoms with van der Waals surface area (Å²) in [4.78, 5) is 23.3. The SMILES string of the molecule is CSCC(C)C(=O)NCCNC(=O)c1c(F)cccc1F. The van der Waals surface area contributed by atoms with Crippen molar-refractivity contribution in [3.05, 3.63) is 35.4 Å². The van der Waals surface area contributed by atoms with Crippen molar-refractivity contribution >= 4 is 23.6 Å². The van der Waals surface area contributed by atoms with Crippen molar-refractivity contribution < 1.29 is 18.4 Å². The average molecular weight is 316 g/mol. The Balaban J connectivity index is 2.39. The van der Waals surface area contributed by atoms with Crippen molar-refractivity contribution in [1.29, 1.82) is 0 Å². The number of carbonyl (C=O) groups is 2. The molecule has 0 fully saturated rings. The Morgan fingerprint density at radius 1 is 1.19 bits per heavy atom. The Hall–Kier alpha value is -1.63. The summed E-state index contributed by atoms with van der Waals surface area (Å²) in [5, 5.41) is 5.02. The number of nitrogens with one attached hydrogen (secondary N) is 2. The first kappa shape index (κ1) is 17.4. The van der Waals surface area contributed by atoms with Gasteiger partial charge in [-0.15, -0.1) is 0 Å². The second-order valence-electron chi connectivity index (χ2n) is 4.50. The van der Waals surface area contributed by atoms with Crippen molar-refractivity contribution in [1.82, 2.24) is 10.6 Å². The van der Waals surface area contributed by atoms with E-state index in [1.807, 2.05) is 6.26 Å². The van der Waals surface area contributed by atoms with Crippen LogP contribution >= 0.6 is 11.8 Å². The largest absolute Gasteiger partial charge is 0.354 e. The molecule has 0 aliphatic heterocycles. The molecular weight excluding hydrogens is 298 g/mol. The minimum Gasteiger partial charge on any atom is -0.354 e. The molecule has 0 saturated heterocycles. The number of carbonyl (C=O) groups excluding carboxylic acids is 2. The Kier molecular flexibility index (Phi) is 7.14. The fourth-order valence-electron chi connectivity index (χ4n) is 1.66. The Morgan fingerprint density at radius 3 is 2.33 bits per heavy atom. The van der Waals surface area contributed by atoms with Crippen LogP contribution in [-0.4, -0.2) is 36.9 Å². The topological polar surface area (TPSA) is 58.2 Å². The molecule has 0 aromatic heterocycles. The van der Waals surface area contributed by atoms with Gasteiger partial charge in [-0.25, -0.2) is 8.78 Å². The van der Waals surface area contributed by atoms with Gasteiger partial charge < -0.3 is 10.6 Å². The van der Waals surface area contributed by atoms with Crippen LogP contribution in [-0.2, 0) is 4.79 Å². The number of amides is 2. The highest BCUT2D eigenvalue weighted by Crippen LogP contribution is 2.11. The molecule has 0 heterocycles. The van der Waals surface area contributed by atoms with Crippen LogP contribution in [0.1, 0.15) is 17.3 Å². The van der Waals surface area contributed by atoms with E-state index in [2.05, 4.69) is 10.6 Å². The van der Waals surface area contributed by atoms with Crippen LogP contribution < -0.4 is 10.6 Å². The number of thioether (sulfide) groups is 1. The highest BCUT2D eigenvalue weighted by molar-refractivity contribution is 7.98. The summed E-state index contributed by atoms with van der Waals surface area (Å²) in [6, 6.07) is 3.22.